The molecule has 1 aromatic carbocycles. The van der Waals surface area contributed by atoms with Gasteiger partial charge in [-0.2, -0.15) is 0 Å². The fourth-order valence-corrected chi connectivity index (χ4v) is 2.50. The van der Waals surface area contributed by atoms with Crippen molar-refractivity contribution in [3.8, 4) is 5.69 Å². The van der Waals surface area contributed by atoms with E-state index in [-0.39, 0.29) is 6.04 Å². The normalized spacial score (nSPS) is 20.4. The maximum Gasteiger partial charge on any atom is 0.207 e. The zero-order valence-electron chi connectivity index (χ0n) is 11.1. The summed E-state index contributed by atoms with van der Waals surface area (Å²) >= 11 is 0. The molecule has 0 bridgehead atoms. The molecule has 2 aromatic rings. The molecular formula is C15H19N3O. The first-order chi connectivity index (χ1) is 9.34. The Labute approximate surface area is 113 Å². The molecule has 3 rings (SSSR count). The van der Waals surface area contributed by atoms with Crippen LogP contribution in [0.2, 0.25) is 0 Å². The van der Waals surface area contributed by atoms with Gasteiger partial charge in [-0.25, -0.2) is 4.98 Å². The van der Waals surface area contributed by atoms with Crippen molar-refractivity contribution in [1.29, 1.82) is 0 Å². The number of hydrogen-bond acceptors (Lipinski definition) is 3. The molecule has 2 unspecified atom stereocenters. The van der Waals surface area contributed by atoms with Gasteiger partial charge in [0.15, 0.2) is 0 Å². The molecule has 2 atom stereocenters. The molecule has 1 aliphatic heterocycles. The first-order valence-electron chi connectivity index (χ1n) is 6.81. The van der Waals surface area contributed by atoms with Crippen LogP contribution in [0.1, 0.15) is 19.8 Å². The molecule has 1 N–H and O–H groups in total. The highest BCUT2D eigenvalue weighted by Crippen LogP contribution is 2.20. The van der Waals surface area contributed by atoms with Crippen LogP contribution >= 0.6 is 0 Å². The van der Waals surface area contributed by atoms with Crippen LogP contribution in [0.5, 0.6) is 0 Å². The summed E-state index contributed by atoms with van der Waals surface area (Å²) in [5.41, 5.74) is 1.11. The van der Waals surface area contributed by atoms with Crippen molar-refractivity contribution in [2.75, 3.05) is 11.9 Å². The standard InChI is InChI=1S/C15H19N3O/c1-12(14-8-5-11-19-14)17-15-16-9-10-18(15)13-6-3-2-4-7-13/h2-4,6-7,9-10,12,14H,5,8,11H2,1H3,(H,16,17). The van der Waals surface area contributed by atoms with Gasteiger partial charge in [0.1, 0.15) is 0 Å². The molecule has 2 heterocycles. The van der Waals surface area contributed by atoms with Gasteiger partial charge in [-0.15, -0.1) is 0 Å². The smallest absolute Gasteiger partial charge is 0.207 e. The minimum Gasteiger partial charge on any atom is -0.376 e. The molecule has 0 saturated carbocycles. The highest BCUT2D eigenvalue weighted by Gasteiger charge is 2.23. The zero-order valence-corrected chi connectivity index (χ0v) is 11.1. The van der Waals surface area contributed by atoms with Crippen molar-refractivity contribution in [3.05, 3.63) is 42.7 Å². The number of benzene rings is 1. The summed E-state index contributed by atoms with van der Waals surface area (Å²) in [5.74, 6) is 0.870. The molecule has 0 spiro atoms. The molecule has 19 heavy (non-hydrogen) atoms. The topological polar surface area (TPSA) is 39.1 Å². The van der Waals surface area contributed by atoms with Crippen LogP contribution in [-0.4, -0.2) is 28.3 Å². The van der Waals surface area contributed by atoms with Crippen molar-refractivity contribution < 1.29 is 4.74 Å². The summed E-state index contributed by atoms with van der Waals surface area (Å²) in [6.07, 6.45) is 6.36. The second-order valence-electron chi connectivity index (χ2n) is 4.94. The lowest BCUT2D eigenvalue weighted by atomic mass is 10.1. The third-order valence-corrected chi connectivity index (χ3v) is 3.55. The second kappa shape index (κ2) is 5.45. The molecule has 0 radical (unpaired) electrons. The number of imidazole rings is 1. The van der Waals surface area contributed by atoms with E-state index in [2.05, 4.69) is 33.9 Å². The van der Waals surface area contributed by atoms with E-state index < -0.39 is 0 Å². The minimum absolute atomic E-state index is 0.271. The van der Waals surface area contributed by atoms with Gasteiger partial charge < -0.3 is 10.1 Å². The minimum atomic E-state index is 0.271. The van der Waals surface area contributed by atoms with E-state index in [9.17, 15) is 0 Å². The number of rotatable bonds is 4. The highest BCUT2D eigenvalue weighted by molar-refractivity contribution is 5.42. The lowest BCUT2D eigenvalue weighted by molar-refractivity contribution is 0.0994. The van der Waals surface area contributed by atoms with Crippen LogP contribution in [0.15, 0.2) is 42.7 Å². The Kier molecular flexibility index (Phi) is 3.51. The number of aromatic nitrogens is 2. The molecule has 4 heteroatoms. The Morgan fingerprint density at radius 3 is 2.95 bits per heavy atom. The first kappa shape index (κ1) is 12.2. The molecule has 100 valence electrons. The number of para-hydroxylation sites is 1. The fourth-order valence-electron chi connectivity index (χ4n) is 2.50. The molecule has 1 aromatic heterocycles. The van der Waals surface area contributed by atoms with Crippen molar-refractivity contribution in [2.45, 2.75) is 31.9 Å². The van der Waals surface area contributed by atoms with E-state index >= 15 is 0 Å². The summed E-state index contributed by atoms with van der Waals surface area (Å²) in [4.78, 5) is 4.40. The molecule has 4 nitrogen and oxygen atoms in total. The van der Waals surface area contributed by atoms with Gasteiger partial charge in [0.2, 0.25) is 5.95 Å². The van der Waals surface area contributed by atoms with Gasteiger partial charge in [-0.05, 0) is 31.9 Å². The van der Waals surface area contributed by atoms with E-state index in [1.165, 1.54) is 0 Å². The molecule has 1 fully saturated rings. The third kappa shape index (κ3) is 2.63. The lowest BCUT2D eigenvalue weighted by Gasteiger charge is -2.21. The van der Waals surface area contributed by atoms with Crippen LogP contribution in [0.25, 0.3) is 5.69 Å². The predicted octanol–water partition coefficient (Wildman–Crippen LogP) is 2.85. The summed E-state index contributed by atoms with van der Waals surface area (Å²) < 4.78 is 7.77. The van der Waals surface area contributed by atoms with E-state index in [1.54, 1.807) is 0 Å². The van der Waals surface area contributed by atoms with Gasteiger partial charge >= 0.3 is 0 Å². The van der Waals surface area contributed by atoms with Crippen LogP contribution in [-0.2, 0) is 4.74 Å². The number of nitrogens with one attached hydrogen (secondary N) is 1. The number of nitrogens with zero attached hydrogens (tertiary/aromatic N) is 2. The molecule has 1 aliphatic rings. The Morgan fingerprint density at radius 1 is 1.37 bits per heavy atom. The lowest BCUT2D eigenvalue weighted by Crippen LogP contribution is -2.31. The van der Waals surface area contributed by atoms with Crippen molar-refractivity contribution in [3.63, 3.8) is 0 Å². The number of hydrogen-bond donors (Lipinski definition) is 1. The van der Waals surface area contributed by atoms with Crippen LogP contribution < -0.4 is 5.32 Å². The average Bonchev–Trinajstić information content (AvgIpc) is 3.11. The van der Waals surface area contributed by atoms with Crippen molar-refractivity contribution in [1.82, 2.24) is 9.55 Å². The van der Waals surface area contributed by atoms with Gasteiger partial charge in [0.25, 0.3) is 0 Å². The largest absolute Gasteiger partial charge is 0.376 e. The highest BCUT2D eigenvalue weighted by atomic mass is 16.5. The van der Waals surface area contributed by atoms with Crippen LogP contribution in [0.4, 0.5) is 5.95 Å². The van der Waals surface area contributed by atoms with Crippen molar-refractivity contribution >= 4 is 5.95 Å². The maximum absolute atomic E-state index is 5.71. The molecule has 1 saturated heterocycles. The third-order valence-electron chi connectivity index (χ3n) is 3.55. The SMILES string of the molecule is CC(Nc1nccn1-c1ccccc1)C1CCCO1. The summed E-state index contributed by atoms with van der Waals surface area (Å²) in [6.45, 7) is 3.03. The van der Waals surface area contributed by atoms with Crippen molar-refractivity contribution in [2.24, 2.45) is 0 Å². The molecular weight excluding hydrogens is 238 g/mol. The van der Waals surface area contributed by atoms with E-state index in [0.29, 0.717) is 6.10 Å². The average molecular weight is 257 g/mol. The molecule has 0 aliphatic carbocycles. The Balaban J connectivity index is 1.77. The predicted molar refractivity (Wildman–Crippen MR) is 75.6 cm³/mol. The van der Waals surface area contributed by atoms with Crippen LogP contribution in [0.3, 0.4) is 0 Å². The summed E-state index contributed by atoms with van der Waals surface area (Å²) in [5, 5.41) is 3.46. The van der Waals surface area contributed by atoms with Crippen LogP contribution in [0, 0.1) is 0 Å². The second-order valence-corrected chi connectivity index (χ2v) is 4.94. The van der Waals surface area contributed by atoms with Gasteiger partial charge in [-0.1, -0.05) is 18.2 Å². The fraction of sp³-hybridized carbons (Fsp3) is 0.400. The Bertz CT molecular complexity index is 517. The summed E-state index contributed by atoms with van der Waals surface area (Å²) in [6, 6.07) is 10.5. The van der Waals surface area contributed by atoms with E-state index in [4.69, 9.17) is 4.74 Å². The first-order valence-corrected chi connectivity index (χ1v) is 6.81. The quantitative estimate of drug-likeness (QED) is 0.915. The summed E-state index contributed by atoms with van der Waals surface area (Å²) in [7, 11) is 0. The van der Waals surface area contributed by atoms with E-state index in [0.717, 1.165) is 31.1 Å². The van der Waals surface area contributed by atoms with Gasteiger partial charge in [-0.3, -0.25) is 4.57 Å². The Hall–Kier alpha value is -1.81. The molecule has 0 amide bonds. The Morgan fingerprint density at radius 2 is 2.21 bits per heavy atom. The van der Waals surface area contributed by atoms with Gasteiger partial charge in [0.05, 0.1) is 12.1 Å². The monoisotopic (exact) mass is 257 g/mol. The number of ether oxygens (including phenoxy) is 1. The maximum atomic E-state index is 5.71. The van der Waals surface area contributed by atoms with Gasteiger partial charge in [0, 0.05) is 24.7 Å². The van der Waals surface area contributed by atoms with E-state index in [1.807, 2.05) is 30.6 Å². The number of anilines is 1. The zero-order chi connectivity index (χ0) is 13.1.